The zero-order valence-corrected chi connectivity index (χ0v) is 12.9. The van der Waals surface area contributed by atoms with Crippen LogP contribution in [0.25, 0.3) is 0 Å². The molecular weight excluding hydrogens is 315 g/mol. The molecule has 0 saturated heterocycles. The summed E-state index contributed by atoms with van der Waals surface area (Å²) in [4.78, 5) is 35.1. The molecule has 0 aliphatic heterocycles. The SMILES string of the molecule is O=C(CCC(=O)c1ccc(F)cc1)NCC(=O)NCc1ccco1. The Hall–Kier alpha value is -2.96. The maximum atomic E-state index is 12.8. The molecule has 0 spiro atoms. The molecule has 1 aromatic carbocycles. The fourth-order valence-electron chi connectivity index (χ4n) is 1.94. The molecule has 1 aromatic heterocycles. The number of ketones is 1. The first kappa shape index (κ1) is 17.4. The summed E-state index contributed by atoms with van der Waals surface area (Å²) in [6.45, 7) is 0.0645. The van der Waals surface area contributed by atoms with E-state index in [1.165, 1.54) is 30.5 Å². The summed E-state index contributed by atoms with van der Waals surface area (Å²) in [7, 11) is 0. The molecule has 0 saturated carbocycles. The van der Waals surface area contributed by atoms with Crippen molar-refractivity contribution in [2.24, 2.45) is 0 Å². The second-order valence-electron chi connectivity index (χ2n) is 5.06. The van der Waals surface area contributed by atoms with Gasteiger partial charge in [0, 0.05) is 18.4 Å². The van der Waals surface area contributed by atoms with Crippen LogP contribution in [0.3, 0.4) is 0 Å². The van der Waals surface area contributed by atoms with E-state index in [0.717, 1.165) is 0 Å². The van der Waals surface area contributed by atoms with Crippen molar-refractivity contribution in [1.29, 1.82) is 0 Å². The number of carbonyl (C=O) groups is 3. The van der Waals surface area contributed by atoms with E-state index in [2.05, 4.69) is 10.6 Å². The van der Waals surface area contributed by atoms with Crippen LogP contribution in [0.2, 0.25) is 0 Å². The quantitative estimate of drug-likeness (QED) is 0.722. The zero-order chi connectivity index (χ0) is 17.4. The number of Topliss-reactive ketones (excluding diaryl/α,β-unsaturated/α-hetero) is 1. The minimum atomic E-state index is -0.426. The Morgan fingerprint density at radius 3 is 2.38 bits per heavy atom. The third kappa shape index (κ3) is 5.68. The molecule has 0 unspecified atom stereocenters. The number of benzene rings is 1. The van der Waals surface area contributed by atoms with Crippen molar-refractivity contribution in [2.75, 3.05) is 6.54 Å². The molecule has 2 aromatic rings. The average Bonchev–Trinajstić information content (AvgIpc) is 3.10. The second-order valence-corrected chi connectivity index (χ2v) is 5.06. The monoisotopic (exact) mass is 332 g/mol. The van der Waals surface area contributed by atoms with Crippen molar-refractivity contribution < 1.29 is 23.2 Å². The third-order valence-corrected chi connectivity index (χ3v) is 3.23. The van der Waals surface area contributed by atoms with E-state index in [1.807, 2.05) is 0 Å². The Morgan fingerprint density at radius 2 is 1.71 bits per heavy atom. The van der Waals surface area contributed by atoms with Crippen molar-refractivity contribution in [3.05, 3.63) is 59.8 Å². The number of amides is 2. The first-order valence-electron chi connectivity index (χ1n) is 7.39. The third-order valence-electron chi connectivity index (χ3n) is 3.23. The molecule has 126 valence electrons. The van der Waals surface area contributed by atoms with Gasteiger partial charge in [0.05, 0.1) is 19.4 Å². The first-order chi connectivity index (χ1) is 11.5. The van der Waals surface area contributed by atoms with Crippen LogP contribution in [0.4, 0.5) is 4.39 Å². The molecule has 2 rings (SSSR count). The molecule has 2 N–H and O–H groups in total. The van der Waals surface area contributed by atoms with Crippen LogP contribution in [0.1, 0.15) is 29.0 Å². The van der Waals surface area contributed by atoms with E-state index < -0.39 is 11.7 Å². The van der Waals surface area contributed by atoms with Crippen molar-refractivity contribution in [3.8, 4) is 0 Å². The summed E-state index contributed by atoms with van der Waals surface area (Å²) in [6.07, 6.45) is 1.45. The summed E-state index contributed by atoms with van der Waals surface area (Å²) in [5.41, 5.74) is 0.348. The number of rotatable bonds is 8. The number of hydrogen-bond acceptors (Lipinski definition) is 4. The van der Waals surface area contributed by atoms with Crippen molar-refractivity contribution in [1.82, 2.24) is 10.6 Å². The highest BCUT2D eigenvalue weighted by Gasteiger charge is 2.10. The van der Waals surface area contributed by atoms with E-state index in [-0.39, 0.29) is 37.6 Å². The van der Waals surface area contributed by atoms with Crippen LogP contribution in [0.5, 0.6) is 0 Å². The fraction of sp³-hybridized carbons (Fsp3) is 0.235. The fourth-order valence-corrected chi connectivity index (χ4v) is 1.94. The van der Waals surface area contributed by atoms with Crippen molar-refractivity contribution in [2.45, 2.75) is 19.4 Å². The highest BCUT2D eigenvalue weighted by Crippen LogP contribution is 2.07. The zero-order valence-electron chi connectivity index (χ0n) is 12.9. The molecule has 0 radical (unpaired) electrons. The summed E-state index contributed by atoms with van der Waals surface area (Å²) in [5, 5.41) is 5.02. The normalized spacial score (nSPS) is 10.2. The Labute approximate surface area is 138 Å². The summed E-state index contributed by atoms with van der Waals surface area (Å²) < 4.78 is 17.8. The largest absolute Gasteiger partial charge is 0.467 e. The molecule has 0 aliphatic carbocycles. The molecule has 0 bridgehead atoms. The number of furan rings is 1. The van der Waals surface area contributed by atoms with Gasteiger partial charge in [-0.25, -0.2) is 4.39 Å². The van der Waals surface area contributed by atoms with Crippen LogP contribution >= 0.6 is 0 Å². The van der Waals surface area contributed by atoms with Gasteiger partial charge in [-0.15, -0.1) is 0 Å². The Balaban J connectivity index is 1.64. The van der Waals surface area contributed by atoms with E-state index >= 15 is 0 Å². The number of halogens is 1. The lowest BCUT2D eigenvalue weighted by atomic mass is 10.1. The van der Waals surface area contributed by atoms with Gasteiger partial charge in [-0.1, -0.05) is 0 Å². The van der Waals surface area contributed by atoms with E-state index in [4.69, 9.17) is 4.42 Å². The van der Waals surface area contributed by atoms with E-state index in [0.29, 0.717) is 11.3 Å². The number of nitrogens with one attached hydrogen (secondary N) is 2. The standard InChI is InChI=1S/C17H17FN2O4/c18-13-5-3-12(4-6-13)15(21)7-8-16(22)20-11-17(23)19-10-14-2-1-9-24-14/h1-6,9H,7-8,10-11H2,(H,19,23)(H,20,22). The Morgan fingerprint density at radius 1 is 0.958 bits per heavy atom. The minimum absolute atomic E-state index is 0.00845. The minimum Gasteiger partial charge on any atom is -0.467 e. The van der Waals surface area contributed by atoms with Gasteiger partial charge in [-0.3, -0.25) is 14.4 Å². The average molecular weight is 332 g/mol. The molecule has 6 nitrogen and oxygen atoms in total. The summed E-state index contributed by atoms with van der Waals surface area (Å²) in [5.74, 6) is -0.833. The van der Waals surface area contributed by atoms with Gasteiger partial charge in [0.25, 0.3) is 0 Å². The van der Waals surface area contributed by atoms with Crippen LogP contribution in [-0.2, 0) is 16.1 Å². The van der Waals surface area contributed by atoms with Crippen molar-refractivity contribution >= 4 is 17.6 Å². The maximum Gasteiger partial charge on any atom is 0.239 e. The molecule has 0 atom stereocenters. The van der Waals surface area contributed by atoms with E-state index in [9.17, 15) is 18.8 Å². The second kappa shape index (κ2) is 8.61. The van der Waals surface area contributed by atoms with Gasteiger partial charge in [0.2, 0.25) is 11.8 Å². The summed E-state index contributed by atoms with van der Waals surface area (Å²) >= 11 is 0. The van der Waals surface area contributed by atoms with Crippen LogP contribution in [0.15, 0.2) is 47.1 Å². The molecule has 1 heterocycles. The van der Waals surface area contributed by atoms with Gasteiger partial charge >= 0.3 is 0 Å². The molecule has 0 fully saturated rings. The highest BCUT2D eigenvalue weighted by atomic mass is 19.1. The van der Waals surface area contributed by atoms with Gasteiger partial charge in [-0.2, -0.15) is 0 Å². The Bertz CT molecular complexity index is 696. The highest BCUT2D eigenvalue weighted by molar-refractivity contribution is 5.98. The molecule has 0 aliphatic rings. The van der Waals surface area contributed by atoms with E-state index in [1.54, 1.807) is 12.1 Å². The predicted octanol–water partition coefficient (Wildman–Crippen LogP) is 1.81. The topological polar surface area (TPSA) is 88.4 Å². The molecular formula is C17H17FN2O4. The van der Waals surface area contributed by atoms with Gasteiger partial charge in [0.15, 0.2) is 5.78 Å². The summed E-state index contributed by atoms with van der Waals surface area (Å²) in [6, 6.07) is 8.56. The molecule has 2 amide bonds. The van der Waals surface area contributed by atoms with Crippen molar-refractivity contribution in [3.63, 3.8) is 0 Å². The molecule has 7 heteroatoms. The Kier molecular flexibility index (Phi) is 6.24. The van der Waals surface area contributed by atoms with Crippen LogP contribution in [0, 0.1) is 5.82 Å². The van der Waals surface area contributed by atoms with Crippen LogP contribution in [-0.4, -0.2) is 24.1 Å². The lowest BCUT2D eigenvalue weighted by Gasteiger charge is -2.06. The van der Waals surface area contributed by atoms with Gasteiger partial charge in [-0.05, 0) is 36.4 Å². The first-order valence-corrected chi connectivity index (χ1v) is 7.39. The van der Waals surface area contributed by atoms with Gasteiger partial charge in [0.1, 0.15) is 11.6 Å². The lowest BCUT2D eigenvalue weighted by Crippen LogP contribution is -2.36. The smallest absolute Gasteiger partial charge is 0.239 e. The van der Waals surface area contributed by atoms with Gasteiger partial charge < -0.3 is 15.1 Å². The lowest BCUT2D eigenvalue weighted by molar-refractivity contribution is -0.126. The van der Waals surface area contributed by atoms with Crippen LogP contribution < -0.4 is 10.6 Å². The predicted molar refractivity (Wildman–Crippen MR) is 83.5 cm³/mol. The number of carbonyl (C=O) groups excluding carboxylic acids is 3. The maximum absolute atomic E-state index is 12.8. The number of hydrogen-bond donors (Lipinski definition) is 2. The molecule has 24 heavy (non-hydrogen) atoms.